The van der Waals surface area contributed by atoms with Crippen molar-refractivity contribution < 1.29 is 9.94 Å². The summed E-state index contributed by atoms with van der Waals surface area (Å²) in [7, 11) is 1.68. The average Bonchev–Trinajstić information content (AvgIpc) is 2.85. The summed E-state index contributed by atoms with van der Waals surface area (Å²) < 4.78 is 0. The zero-order valence-corrected chi connectivity index (χ0v) is 14.8. The zero-order valence-electron chi connectivity index (χ0n) is 14.8. The second kappa shape index (κ2) is 5.34. The van der Waals surface area contributed by atoms with E-state index < -0.39 is 0 Å². The van der Waals surface area contributed by atoms with Gasteiger partial charge in [0, 0.05) is 5.41 Å². The van der Waals surface area contributed by atoms with Gasteiger partial charge in [-0.05, 0) is 74.5 Å². The highest BCUT2D eigenvalue weighted by atomic mass is 16.6. The molecule has 128 valence electrons. The fraction of sp³-hybridized carbons (Fsp3) is 0.850. The van der Waals surface area contributed by atoms with Gasteiger partial charge in [0.25, 0.3) is 0 Å². The SMILES string of the molecule is CO/N=C1\CCC2C3CC=C4CC(O)CCC4(C)C3CCC12C. The maximum absolute atomic E-state index is 10.1. The Balaban J connectivity index is 1.66. The van der Waals surface area contributed by atoms with Gasteiger partial charge in [0.05, 0.1) is 11.8 Å². The number of fused-ring (bicyclic) bond motifs is 5. The second-order valence-corrected chi connectivity index (χ2v) is 8.87. The Morgan fingerprint density at radius 3 is 2.65 bits per heavy atom. The normalized spacial score (nSPS) is 50.8. The quantitative estimate of drug-likeness (QED) is 0.578. The first-order valence-corrected chi connectivity index (χ1v) is 9.47. The van der Waals surface area contributed by atoms with Gasteiger partial charge in [0.1, 0.15) is 7.11 Å². The summed E-state index contributed by atoms with van der Waals surface area (Å²) >= 11 is 0. The van der Waals surface area contributed by atoms with E-state index in [0.29, 0.717) is 5.41 Å². The largest absolute Gasteiger partial charge is 0.399 e. The molecule has 4 rings (SSSR count). The standard InChI is InChI=1S/C20H31NO2/c1-19-10-8-14(22)12-13(19)4-5-15-16-6-7-18(21-23-3)20(16,2)11-9-17(15)19/h4,14-17,22H,5-12H2,1-3H3/b21-18+. The van der Waals surface area contributed by atoms with Gasteiger partial charge in [-0.15, -0.1) is 0 Å². The third-order valence-electron chi connectivity index (χ3n) is 8.02. The number of hydrogen-bond acceptors (Lipinski definition) is 3. The van der Waals surface area contributed by atoms with E-state index in [0.717, 1.165) is 37.0 Å². The highest BCUT2D eigenvalue weighted by Crippen LogP contribution is 2.64. The predicted molar refractivity (Wildman–Crippen MR) is 92.2 cm³/mol. The lowest BCUT2D eigenvalue weighted by Gasteiger charge is -2.57. The van der Waals surface area contributed by atoms with Crippen LogP contribution in [0.25, 0.3) is 0 Å². The van der Waals surface area contributed by atoms with Crippen LogP contribution in [0.5, 0.6) is 0 Å². The Morgan fingerprint density at radius 1 is 1.13 bits per heavy atom. The average molecular weight is 317 g/mol. The number of aliphatic hydroxyl groups excluding tert-OH is 1. The van der Waals surface area contributed by atoms with Crippen molar-refractivity contribution in [2.75, 3.05) is 7.11 Å². The van der Waals surface area contributed by atoms with Crippen LogP contribution >= 0.6 is 0 Å². The van der Waals surface area contributed by atoms with Crippen molar-refractivity contribution in [3.05, 3.63) is 11.6 Å². The lowest BCUT2D eigenvalue weighted by atomic mass is 9.48. The molecule has 0 amide bonds. The Labute approximate surface area is 140 Å². The van der Waals surface area contributed by atoms with Crippen molar-refractivity contribution in [2.45, 2.75) is 71.3 Å². The van der Waals surface area contributed by atoms with Crippen molar-refractivity contribution in [2.24, 2.45) is 33.7 Å². The van der Waals surface area contributed by atoms with Crippen LogP contribution in [0.3, 0.4) is 0 Å². The first kappa shape index (κ1) is 15.7. The molecule has 3 nitrogen and oxygen atoms in total. The molecular weight excluding hydrogens is 286 g/mol. The van der Waals surface area contributed by atoms with Crippen LogP contribution < -0.4 is 0 Å². The molecule has 3 heteroatoms. The summed E-state index contributed by atoms with van der Waals surface area (Å²) in [6.07, 6.45) is 11.6. The minimum absolute atomic E-state index is 0.105. The van der Waals surface area contributed by atoms with Crippen molar-refractivity contribution in [3.63, 3.8) is 0 Å². The molecule has 3 saturated carbocycles. The minimum Gasteiger partial charge on any atom is -0.399 e. The van der Waals surface area contributed by atoms with Gasteiger partial charge in [-0.1, -0.05) is 30.7 Å². The van der Waals surface area contributed by atoms with Gasteiger partial charge in [-0.3, -0.25) is 0 Å². The van der Waals surface area contributed by atoms with Gasteiger partial charge < -0.3 is 9.94 Å². The molecule has 23 heavy (non-hydrogen) atoms. The van der Waals surface area contributed by atoms with Crippen LogP contribution in [-0.2, 0) is 4.84 Å². The molecule has 4 aliphatic rings. The van der Waals surface area contributed by atoms with Gasteiger partial charge in [0.15, 0.2) is 0 Å². The van der Waals surface area contributed by atoms with Gasteiger partial charge in [-0.25, -0.2) is 0 Å². The first-order valence-electron chi connectivity index (χ1n) is 9.47. The summed E-state index contributed by atoms with van der Waals surface area (Å²) in [6.45, 7) is 4.92. The highest BCUT2D eigenvalue weighted by molar-refractivity contribution is 5.92. The minimum atomic E-state index is -0.105. The molecule has 0 spiro atoms. The molecule has 0 aromatic rings. The third-order valence-corrected chi connectivity index (χ3v) is 8.02. The van der Waals surface area contributed by atoms with E-state index in [2.05, 4.69) is 25.1 Å². The molecule has 1 N–H and O–H groups in total. The monoisotopic (exact) mass is 317 g/mol. The number of aliphatic hydroxyl groups is 1. The van der Waals surface area contributed by atoms with Crippen LogP contribution in [0.4, 0.5) is 0 Å². The van der Waals surface area contributed by atoms with E-state index in [4.69, 9.17) is 4.84 Å². The van der Waals surface area contributed by atoms with E-state index in [9.17, 15) is 5.11 Å². The van der Waals surface area contributed by atoms with E-state index in [1.165, 1.54) is 37.8 Å². The summed E-state index contributed by atoms with van der Waals surface area (Å²) in [4.78, 5) is 5.14. The van der Waals surface area contributed by atoms with Crippen molar-refractivity contribution in [1.29, 1.82) is 0 Å². The lowest BCUT2D eigenvalue weighted by molar-refractivity contribution is -0.0215. The summed E-state index contributed by atoms with van der Waals surface area (Å²) in [5.74, 6) is 2.36. The summed E-state index contributed by atoms with van der Waals surface area (Å²) in [5, 5.41) is 14.5. The third kappa shape index (κ3) is 2.15. The Bertz CT molecular complexity index is 554. The molecule has 6 atom stereocenters. The van der Waals surface area contributed by atoms with Crippen LogP contribution in [-0.4, -0.2) is 24.0 Å². The highest BCUT2D eigenvalue weighted by Gasteiger charge is 2.57. The van der Waals surface area contributed by atoms with Gasteiger partial charge in [0.2, 0.25) is 0 Å². The molecule has 6 unspecified atom stereocenters. The second-order valence-electron chi connectivity index (χ2n) is 8.87. The number of hydrogen-bond donors (Lipinski definition) is 1. The van der Waals surface area contributed by atoms with Crippen LogP contribution in [0.15, 0.2) is 16.8 Å². The molecular formula is C20H31NO2. The van der Waals surface area contributed by atoms with E-state index >= 15 is 0 Å². The molecule has 0 radical (unpaired) electrons. The van der Waals surface area contributed by atoms with Crippen molar-refractivity contribution >= 4 is 5.71 Å². The number of nitrogens with zero attached hydrogens (tertiary/aromatic N) is 1. The van der Waals surface area contributed by atoms with Crippen LogP contribution in [0.1, 0.15) is 65.2 Å². The van der Waals surface area contributed by atoms with E-state index in [1.54, 1.807) is 12.7 Å². The molecule has 0 saturated heterocycles. The lowest BCUT2D eigenvalue weighted by Crippen LogP contribution is -2.50. The molecule has 3 fully saturated rings. The predicted octanol–water partition coefficient (Wildman–Crippen LogP) is 4.31. The smallest absolute Gasteiger partial charge is 0.106 e. The van der Waals surface area contributed by atoms with Crippen molar-refractivity contribution in [1.82, 2.24) is 0 Å². The molecule has 0 aliphatic heterocycles. The Kier molecular flexibility index (Phi) is 3.64. The fourth-order valence-corrected chi connectivity index (χ4v) is 6.69. The summed E-state index contributed by atoms with van der Waals surface area (Å²) in [6, 6.07) is 0. The Morgan fingerprint density at radius 2 is 1.87 bits per heavy atom. The topological polar surface area (TPSA) is 41.8 Å². The molecule has 4 aliphatic carbocycles. The van der Waals surface area contributed by atoms with E-state index in [-0.39, 0.29) is 11.5 Å². The maximum Gasteiger partial charge on any atom is 0.106 e. The number of rotatable bonds is 1. The fourth-order valence-electron chi connectivity index (χ4n) is 6.69. The summed E-state index contributed by atoms with van der Waals surface area (Å²) in [5.41, 5.74) is 3.46. The molecule has 0 heterocycles. The molecule has 0 aromatic carbocycles. The van der Waals surface area contributed by atoms with E-state index in [1.807, 2.05) is 0 Å². The van der Waals surface area contributed by atoms with Gasteiger partial charge >= 0.3 is 0 Å². The number of allylic oxidation sites excluding steroid dienone is 1. The first-order chi connectivity index (χ1) is 11.0. The van der Waals surface area contributed by atoms with Crippen molar-refractivity contribution in [3.8, 4) is 0 Å². The van der Waals surface area contributed by atoms with Gasteiger partial charge in [-0.2, -0.15) is 0 Å². The molecule has 0 aromatic heterocycles. The van der Waals surface area contributed by atoms with Crippen LogP contribution in [0, 0.1) is 28.6 Å². The molecule has 0 bridgehead atoms. The van der Waals surface area contributed by atoms with Crippen LogP contribution in [0.2, 0.25) is 0 Å². The Hall–Kier alpha value is -0.830. The zero-order chi connectivity index (χ0) is 16.2. The number of oxime groups is 1. The maximum atomic E-state index is 10.1.